The molecule has 0 saturated heterocycles. The Labute approximate surface area is 81.4 Å². The average molecular weight is 196 g/mol. The third-order valence-electron chi connectivity index (χ3n) is 2.18. The molecule has 0 atom stereocenters. The van der Waals surface area contributed by atoms with Crippen LogP contribution in [-0.4, -0.2) is 14.5 Å². The molecule has 0 amide bonds. The summed E-state index contributed by atoms with van der Waals surface area (Å²) in [5.74, 6) is 0.948. The summed E-state index contributed by atoms with van der Waals surface area (Å²) in [4.78, 5) is 8.47. The monoisotopic (exact) mass is 195 g/mol. The fourth-order valence-electron chi connectivity index (χ4n) is 1.38. The lowest BCUT2D eigenvalue weighted by molar-refractivity contribution is 0.885. The Hall–Kier alpha value is -1.09. The van der Waals surface area contributed by atoms with Crippen LogP contribution < -0.4 is 0 Å². The molecule has 4 heteroatoms. The molecule has 0 saturated carbocycles. The second kappa shape index (κ2) is 2.70. The fourth-order valence-corrected chi connectivity index (χ4v) is 1.65. The van der Waals surface area contributed by atoms with Crippen molar-refractivity contribution in [2.75, 3.05) is 0 Å². The van der Waals surface area contributed by atoms with Crippen LogP contribution in [0.25, 0.3) is 11.0 Å². The SMILES string of the molecule is Cc1cc2c(nc(C)n2C)c(Cl)n1. The second-order valence-corrected chi connectivity index (χ2v) is 3.50. The molecule has 0 aromatic carbocycles. The first kappa shape index (κ1) is 8.51. The number of rotatable bonds is 0. The van der Waals surface area contributed by atoms with Crippen molar-refractivity contribution in [3.8, 4) is 0 Å². The third kappa shape index (κ3) is 1.20. The molecule has 3 nitrogen and oxygen atoms in total. The van der Waals surface area contributed by atoms with Crippen LogP contribution in [0.5, 0.6) is 0 Å². The minimum atomic E-state index is 0.485. The smallest absolute Gasteiger partial charge is 0.157 e. The quantitative estimate of drug-likeness (QED) is 0.604. The predicted octanol–water partition coefficient (Wildman–Crippen LogP) is 2.24. The Bertz CT molecular complexity index is 473. The van der Waals surface area contributed by atoms with Gasteiger partial charge < -0.3 is 4.57 Å². The zero-order valence-corrected chi connectivity index (χ0v) is 8.55. The van der Waals surface area contributed by atoms with E-state index in [1.807, 2.05) is 31.5 Å². The summed E-state index contributed by atoms with van der Waals surface area (Å²) < 4.78 is 2.01. The first-order chi connectivity index (χ1) is 6.09. The zero-order chi connectivity index (χ0) is 9.59. The number of aromatic nitrogens is 3. The predicted molar refractivity (Wildman–Crippen MR) is 53.0 cm³/mol. The number of aryl methyl sites for hydroxylation is 3. The zero-order valence-electron chi connectivity index (χ0n) is 7.80. The fraction of sp³-hybridized carbons (Fsp3) is 0.333. The van der Waals surface area contributed by atoms with Crippen molar-refractivity contribution in [3.05, 3.63) is 22.7 Å². The number of imidazole rings is 1. The molecule has 0 spiro atoms. The number of pyridine rings is 1. The highest BCUT2D eigenvalue weighted by atomic mass is 35.5. The van der Waals surface area contributed by atoms with Crippen molar-refractivity contribution in [1.82, 2.24) is 14.5 Å². The molecule has 0 aliphatic heterocycles. The van der Waals surface area contributed by atoms with Crippen LogP contribution in [0.1, 0.15) is 11.5 Å². The molecule has 2 heterocycles. The van der Waals surface area contributed by atoms with Gasteiger partial charge in [0.25, 0.3) is 0 Å². The van der Waals surface area contributed by atoms with Crippen molar-refractivity contribution in [2.45, 2.75) is 13.8 Å². The van der Waals surface area contributed by atoms with Gasteiger partial charge in [0.15, 0.2) is 5.15 Å². The molecular formula is C9H10ClN3. The molecular weight excluding hydrogens is 186 g/mol. The largest absolute Gasteiger partial charge is 0.331 e. The molecule has 0 unspecified atom stereocenters. The van der Waals surface area contributed by atoms with Gasteiger partial charge in [-0.2, -0.15) is 0 Å². The van der Waals surface area contributed by atoms with Crippen LogP contribution in [-0.2, 0) is 7.05 Å². The van der Waals surface area contributed by atoms with Gasteiger partial charge in [0, 0.05) is 12.7 Å². The van der Waals surface area contributed by atoms with Crippen LogP contribution in [0.3, 0.4) is 0 Å². The molecule has 0 radical (unpaired) electrons. The Morgan fingerprint density at radius 3 is 2.69 bits per heavy atom. The van der Waals surface area contributed by atoms with Gasteiger partial charge >= 0.3 is 0 Å². The minimum absolute atomic E-state index is 0.485. The van der Waals surface area contributed by atoms with E-state index in [0.717, 1.165) is 22.6 Å². The summed E-state index contributed by atoms with van der Waals surface area (Å²) in [6, 6.07) is 1.99. The minimum Gasteiger partial charge on any atom is -0.331 e. The van der Waals surface area contributed by atoms with Gasteiger partial charge in [0.05, 0.1) is 5.52 Å². The van der Waals surface area contributed by atoms with Gasteiger partial charge in [-0.25, -0.2) is 9.97 Å². The summed E-state index contributed by atoms with van der Waals surface area (Å²) in [7, 11) is 1.97. The first-order valence-corrected chi connectivity index (χ1v) is 4.43. The molecule has 2 aromatic rings. The van der Waals surface area contributed by atoms with E-state index in [0.29, 0.717) is 5.15 Å². The van der Waals surface area contributed by atoms with Crippen molar-refractivity contribution in [2.24, 2.45) is 7.05 Å². The molecule has 2 aromatic heterocycles. The Kier molecular flexibility index (Phi) is 1.77. The Morgan fingerprint density at radius 1 is 1.31 bits per heavy atom. The van der Waals surface area contributed by atoms with Gasteiger partial charge in [-0.05, 0) is 19.9 Å². The van der Waals surface area contributed by atoms with Gasteiger partial charge in [-0.3, -0.25) is 0 Å². The van der Waals surface area contributed by atoms with Crippen LogP contribution in [0.2, 0.25) is 5.15 Å². The van der Waals surface area contributed by atoms with Crippen LogP contribution in [0.15, 0.2) is 6.07 Å². The van der Waals surface area contributed by atoms with Crippen LogP contribution >= 0.6 is 11.6 Å². The molecule has 0 fully saturated rings. The number of nitrogens with zero attached hydrogens (tertiary/aromatic N) is 3. The van der Waals surface area contributed by atoms with E-state index in [9.17, 15) is 0 Å². The lowest BCUT2D eigenvalue weighted by atomic mass is 10.3. The van der Waals surface area contributed by atoms with Crippen LogP contribution in [0.4, 0.5) is 0 Å². The maximum atomic E-state index is 5.96. The molecule has 2 rings (SSSR count). The topological polar surface area (TPSA) is 30.7 Å². The summed E-state index contributed by atoms with van der Waals surface area (Å²) in [5, 5.41) is 0.485. The van der Waals surface area contributed by atoms with E-state index >= 15 is 0 Å². The standard InChI is InChI=1S/C9H10ClN3/c1-5-4-7-8(9(10)11-5)12-6(2)13(7)3/h4H,1-3H3. The number of hydrogen-bond donors (Lipinski definition) is 0. The lowest BCUT2D eigenvalue weighted by Crippen LogP contribution is -1.91. The van der Waals surface area contributed by atoms with Gasteiger partial charge in [-0.15, -0.1) is 0 Å². The number of halogens is 1. The number of fused-ring (bicyclic) bond motifs is 1. The highest BCUT2D eigenvalue weighted by molar-refractivity contribution is 6.33. The van der Waals surface area contributed by atoms with Gasteiger partial charge in [0.2, 0.25) is 0 Å². The van der Waals surface area contributed by atoms with Crippen molar-refractivity contribution < 1.29 is 0 Å². The Balaban J connectivity index is 2.94. The van der Waals surface area contributed by atoms with Crippen molar-refractivity contribution in [1.29, 1.82) is 0 Å². The maximum Gasteiger partial charge on any atom is 0.157 e. The number of hydrogen-bond acceptors (Lipinski definition) is 2. The first-order valence-electron chi connectivity index (χ1n) is 4.06. The molecule has 68 valence electrons. The van der Waals surface area contributed by atoms with Crippen molar-refractivity contribution in [3.63, 3.8) is 0 Å². The van der Waals surface area contributed by atoms with E-state index in [2.05, 4.69) is 9.97 Å². The molecule has 0 N–H and O–H groups in total. The molecule has 0 bridgehead atoms. The van der Waals surface area contributed by atoms with Crippen LogP contribution in [0, 0.1) is 13.8 Å². The normalized spacial score (nSPS) is 11.1. The lowest BCUT2D eigenvalue weighted by Gasteiger charge is -1.98. The third-order valence-corrected chi connectivity index (χ3v) is 2.44. The summed E-state index contributed by atoms with van der Waals surface area (Å²) in [6.07, 6.45) is 0. The molecule has 0 aliphatic carbocycles. The van der Waals surface area contributed by atoms with E-state index < -0.39 is 0 Å². The molecule has 0 aliphatic rings. The van der Waals surface area contributed by atoms with Gasteiger partial charge in [-0.1, -0.05) is 11.6 Å². The van der Waals surface area contributed by atoms with E-state index in [1.165, 1.54) is 0 Å². The summed E-state index contributed by atoms with van der Waals surface area (Å²) >= 11 is 5.96. The summed E-state index contributed by atoms with van der Waals surface area (Å²) in [5.41, 5.74) is 2.74. The average Bonchev–Trinajstić information content (AvgIpc) is 2.32. The second-order valence-electron chi connectivity index (χ2n) is 3.14. The Morgan fingerprint density at radius 2 is 2.00 bits per heavy atom. The highest BCUT2D eigenvalue weighted by Gasteiger charge is 2.08. The summed E-state index contributed by atoms with van der Waals surface area (Å²) in [6.45, 7) is 3.87. The molecule has 13 heavy (non-hydrogen) atoms. The van der Waals surface area contributed by atoms with E-state index in [4.69, 9.17) is 11.6 Å². The van der Waals surface area contributed by atoms with E-state index in [-0.39, 0.29) is 0 Å². The van der Waals surface area contributed by atoms with Crippen molar-refractivity contribution >= 4 is 22.6 Å². The van der Waals surface area contributed by atoms with Gasteiger partial charge in [0.1, 0.15) is 11.3 Å². The van der Waals surface area contributed by atoms with E-state index in [1.54, 1.807) is 0 Å². The maximum absolute atomic E-state index is 5.96. The highest BCUT2D eigenvalue weighted by Crippen LogP contribution is 2.21.